The van der Waals surface area contributed by atoms with E-state index in [0.29, 0.717) is 24.3 Å². The molecule has 1 amide bonds. The summed E-state index contributed by atoms with van der Waals surface area (Å²) in [6.07, 6.45) is 0.526. The summed E-state index contributed by atoms with van der Waals surface area (Å²) < 4.78 is 30.3. The average molecular weight is 389 g/mol. The fraction of sp³-hybridized carbons (Fsp3) is 0.500. The maximum absolute atomic E-state index is 12.0. The van der Waals surface area contributed by atoms with Crippen LogP contribution in [0.25, 0.3) is 0 Å². The Labute approximate surface area is 152 Å². The Morgan fingerprint density at radius 1 is 1.32 bits per heavy atom. The van der Waals surface area contributed by atoms with Crippen LogP contribution in [0.2, 0.25) is 5.02 Å². The molecule has 2 rings (SSSR count). The maximum Gasteiger partial charge on any atom is 0.311 e. The molecule has 0 bridgehead atoms. The van der Waals surface area contributed by atoms with Crippen LogP contribution in [-0.2, 0) is 24.3 Å². The van der Waals surface area contributed by atoms with Crippen molar-refractivity contribution in [2.75, 3.05) is 28.5 Å². The lowest BCUT2D eigenvalue weighted by molar-refractivity contribution is -0.155. The number of hydrogen-bond acceptors (Lipinski definition) is 5. The van der Waals surface area contributed by atoms with Crippen molar-refractivity contribution >= 4 is 44.9 Å². The van der Waals surface area contributed by atoms with Crippen LogP contribution in [0.4, 0.5) is 11.4 Å². The van der Waals surface area contributed by atoms with Gasteiger partial charge in [0, 0.05) is 12.2 Å². The molecule has 1 aliphatic heterocycles. The van der Waals surface area contributed by atoms with Gasteiger partial charge in [-0.3, -0.25) is 13.9 Å². The van der Waals surface area contributed by atoms with Crippen molar-refractivity contribution in [2.45, 2.75) is 27.2 Å². The highest BCUT2D eigenvalue weighted by atomic mass is 35.5. The van der Waals surface area contributed by atoms with Crippen LogP contribution in [0.5, 0.6) is 0 Å². The van der Waals surface area contributed by atoms with Crippen molar-refractivity contribution in [3.05, 3.63) is 23.2 Å². The molecule has 1 aromatic rings. The first-order valence-electron chi connectivity index (χ1n) is 7.78. The van der Waals surface area contributed by atoms with Crippen molar-refractivity contribution < 1.29 is 22.7 Å². The van der Waals surface area contributed by atoms with Crippen LogP contribution in [0, 0.1) is 5.41 Å². The minimum Gasteiger partial charge on any atom is -0.455 e. The molecule has 0 radical (unpaired) electrons. The van der Waals surface area contributed by atoms with Crippen LogP contribution in [0.3, 0.4) is 0 Å². The van der Waals surface area contributed by atoms with Crippen molar-refractivity contribution in [1.29, 1.82) is 0 Å². The Hall–Kier alpha value is -1.80. The third-order valence-electron chi connectivity index (χ3n) is 3.54. The standard InChI is InChI=1S/C16H21ClN2O5S/c1-16(2,3)15(21)24-10-14(20)18-11-5-6-12(17)13(9-11)19-7-4-8-25(19,22)23/h5-6,9H,4,7-8,10H2,1-3H3,(H,18,20). The van der Waals surface area contributed by atoms with Crippen molar-refractivity contribution in [2.24, 2.45) is 5.41 Å². The van der Waals surface area contributed by atoms with E-state index in [0.717, 1.165) is 0 Å². The minimum atomic E-state index is -3.38. The second-order valence-electron chi connectivity index (χ2n) is 6.78. The zero-order valence-corrected chi connectivity index (χ0v) is 15.9. The highest BCUT2D eigenvalue weighted by molar-refractivity contribution is 7.93. The van der Waals surface area contributed by atoms with Crippen molar-refractivity contribution in [3.63, 3.8) is 0 Å². The molecule has 0 saturated carbocycles. The monoisotopic (exact) mass is 388 g/mol. The molecule has 9 heteroatoms. The topological polar surface area (TPSA) is 92.8 Å². The lowest BCUT2D eigenvalue weighted by atomic mass is 9.97. The first kappa shape index (κ1) is 19.5. The summed E-state index contributed by atoms with van der Waals surface area (Å²) in [5, 5.41) is 2.85. The van der Waals surface area contributed by atoms with Crippen LogP contribution in [0.15, 0.2) is 18.2 Å². The number of ether oxygens (including phenoxy) is 1. The van der Waals surface area contributed by atoms with E-state index in [1.807, 2.05) is 0 Å². The van der Waals surface area contributed by atoms with Gasteiger partial charge >= 0.3 is 5.97 Å². The number of nitrogens with one attached hydrogen (secondary N) is 1. The van der Waals surface area contributed by atoms with Gasteiger partial charge < -0.3 is 10.1 Å². The number of amides is 1. The third kappa shape index (κ3) is 4.85. The highest BCUT2D eigenvalue weighted by Crippen LogP contribution is 2.33. The van der Waals surface area contributed by atoms with Crippen molar-refractivity contribution in [1.82, 2.24) is 0 Å². The maximum atomic E-state index is 12.0. The summed E-state index contributed by atoms with van der Waals surface area (Å²) in [5.74, 6) is -0.930. The second-order valence-corrected chi connectivity index (χ2v) is 9.20. The van der Waals surface area contributed by atoms with E-state index in [1.54, 1.807) is 26.8 Å². The molecule has 7 nitrogen and oxygen atoms in total. The Morgan fingerprint density at radius 2 is 2.00 bits per heavy atom. The highest BCUT2D eigenvalue weighted by Gasteiger charge is 2.30. The molecule has 0 unspecified atom stereocenters. The van der Waals surface area contributed by atoms with E-state index >= 15 is 0 Å². The van der Waals surface area contributed by atoms with Gasteiger partial charge in [0.05, 0.1) is 21.9 Å². The number of rotatable bonds is 4. The first-order chi connectivity index (χ1) is 11.5. The molecule has 1 aromatic carbocycles. The summed E-state index contributed by atoms with van der Waals surface area (Å²) in [7, 11) is -3.38. The van der Waals surface area contributed by atoms with Gasteiger partial charge in [0.15, 0.2) is 6.61 Å². The third-order valence-corrected chi connectivity index (χ3v) is 5.72. The number of sulfonamides is 1. The molecule has 0 spiro atoms. The number of anilines is 2. The van der Waals surface area contributed by atoms with Crippen molar-refractivity contribution in [3.8, 4) is 0 Å². The zero-order valence-electron chi connectivity index (χ0n) is 14.3. The van der Waals surface area contributed by atoms with Crippen LogP contribution in [0.1, 0.15) is 27.2 Å². The van der Waals surface area contributed by atoms with Gasteiger partial charge in [-0.05, 0) is 45.4 Å². The number of hydrogen-bond donors (Lipinski definition) is 1. The number of carbonyl (C=O) groups excluding carboxylic acids is 2. The van der Waals surface area contributed by atoms with Gasteiger partial charge in [-0.25, -0.2) is 8.42 Å². The quantitative estimate of drug-likeness (QED) is 0.799. The molecule has 1 N–H and O–H groups in total. The number of benzene rings is 1. The normalized spacial score (nSPS) is 16.6. The van der Waals surface area contributed by atoms with E-state index in [1.165, 1.54) is 16.4 Å². The molecular formula is C16H21ClN2O5S. The molecule has 1 saturated heterocycles. The van der Waals surface area contributed by atoms with E-state index in [4.69, 9.17) is 16.3 Å². The largest absolute Gasteiger partial charge is 0.455 e. The zero-order chi connectivity index (χ0) is 18.8. The van der Waals surface area contributed by atoms with Crippen LogP contribution < -0.4 is 9.62 Å². The smallest absolute Gasteiger partial charge is 0.311 e. The predicted octanol–water partition coefficient (Wildman–Crippen LogP) is 2.41. The molecule has 0 aliphatic carbocycles. The molecule has 25 heavy (non-hydrogen) atoms. The lowest BCUT2D eigenvalue weighted by Gasteiger charge is -2.19. The van der Waals surface area contributed by atoms with Crippen LogP contribution >= 0.6 is 11.6 Å². The Balaban J connectivity index is 2.07. The van der Waals surface area contributed by atoms with E-state index in [-0.39, 0.29) is 10.8 Å². The second kappa shape index (κ2) is 7.21. The fourth-order valence-corrected chi connectivity index (χ4v) is 4.08. The molecular weight excluding hydrogens is 368 g/mol. The summed E-state index contributed by atoms with van der Waals surface area (Å²) >= 11 is 6.10. The lowest BCUT2D eigenvalue weighted by Crippen LogP contribution is -2.28. The molecule has 138 valence electrons. The van der Waals surface area contributed by atoms with Gasteiger partial charge in [0.1, 0.15) is 0 Å². The molecule has 0 atom stereocenters. The Bertz CT molecular complexity index is 786. The molecule has 1 fully saturated rings. The Morgan fingerprint density at radius 3 is 2.56 bits per heavy atom. The summed E-state index contributed by atoms with van der Waals surface area (Å²) in [5.41, 5.74) is -0.000333. The predicted molar refractivity (Wildman–Crippen MR) is 96.2 cm³/mol. The molecule has 0 aromatic heterocycles. The fourth-order valence-electron chi connectivity index (χ4n) is 2.24. The van der Waals surface area contributed by atoms with Gasteiger partial charge in [-0.2, -0.15) is 0 Å². The number of nitrogens with zero attached hydrogens (tertiary/aromatic N) is 1. The molecule has 1 heterocycles. The van der Waals surface area contributed by atoms with Gasteiger partial charge in [0.25, 0.3) is 5.91 Å². The summed E-state index contributed by atoms with van der Waals surface area (Å²) in [6.45, 7) is 5.00. The first-order valence-corrected chi connectivity index (χ1v) is 9.76. The van der Waals surface area contributed by atoms with E-state index in [9.17, 15) is 18.0 Å². The number of halogens is 1. The van der Waals surface area contributed by atoms with E-state index in [2.05, 4.69) is 5.32 Å². The molecule has 1 aliphatic rings. The van der Waals surface area contributed by atoms with Gasteiger partial charge in [0.2, 0.25) is 10.0 Å². The average Bonchev–Trinajstić information content (AvgIpc) is 2.85. The number of esters is 1. The summed E-state index contributed by atoms with van der Waals surface area (Å²) in [6, 6.07) is 4.56. The Kier molecular flexibility index (Phi) is 5.63. The minimum absolute atomic E-state index is 0.0721. The van der Waals surface area contributed by atoms with Gasteiger partial charge in [-0.15, -0.1) is 0 Å². The van der Waals surface area contributed by atoms with Gasteiger partial charge in [-0.1, -0.05) is 11.6 Å². The summed E-state index contributed by atoms with van der Waals surface area (Å²) in [4.78, 5) is 23.6. The number of carbonyl (C=O) groups is 2. The SMILES string of the molecule is CC(C)(C)C(=O)OCC(=O)Nc1ccc(Cl)c(N2CCCS2(=O)=O)c1. The van der Waals surface area contributed by atoms with Crippen LogP contribution in [-0.4, -0.2) is 39.2 Å². The van der Waals surface area contributed by atoms with E-state index < -0.39 is 33.9 Å².